The van der Waals surface area contributed by atoms with Crippen LogP contribution in [0.3, 0.4) is 0 Å². The Labute approximate surface area is 152 Å². The van der Waals surface area contributed by atoms with Crippen LogP contribution in [-0.2, 0) is 19.1 Å². The number of hydrogen-bond donors (Lipinski definition) is 1. The van der Waals surface area contributed by atoms with E-state index in [4.69, 9.17) is 0 Å². The summed E-state index contributed by atoms with van der Waals surface area (Å²) in [7, 11) is 1.25. The average molecular weight is 365 g/mol. The van der Waals surface area contributed by atoms with E-state index in [2.05, 4.69) is 15.0 Å². The van der Waals surface area contributed by atoms with Crippen LogP contribution in [-0.4, -0.2) is 62.0 Å². The van der Waals surface area contributed by atoms with E-state index >= 15 is 0 Å². The summed E-state index contributed by atoms with van der Waals surface area (Å²) in [6, 6.07) is 5.54. The second-order valence-corrected chi connectivity index (χ2v) is 6.16. The van der Waals surface area contributed by atoms with Gasteiger partial charge in [-0.3, -0.25) is 9.59 Å². The Morgan fingerprint density at radius 1 is 1.12 bits per heavy atom. The number of anilines is 1. The minimum absolute atomic E-state index is 0.0261. The van der Waals surface area contributed by atoms with Crippen LogP contribution in [0, 0.1) is 5.82 Å². The largest absolute Gasteiger partial charge is 0.467 e. The van der Waals surface area contributed by atoms with Gasteiger partial charge in [-0.2, -0.15) is 0 Å². The molecule has 0 spiro atoms. The van der Waals surface area contributed by atoms with Gasteiger partial charge in [0.05, 0.1) is 7.11 Å². The Bertz CT molecular complexity index is 642. The predicted molar refractivity (Wildman–Crippen MR) is 94.0 cm³/mol. The van der Waals surface area contributed by atoms with Crippen LogP contribution in [0.1, 0.15) is 19.8 Å². The molecule has 1 aliphatic heterocycles. The van der Waals surface area contributed by atoms with Crippen LogP contribution in [0.2, 0.25) is 0 Å². The molecule has 142 valence electrons. The Kier molecular flexibility index (Phi) is 6.94. The first-order chi connectivity index (χ1) is 12.4. The number of amides is 2. The van der Waals surface area contributed by atoms with E-state index in [1.54, 1.807) is 17.0 Å². The lowest BCUT2D eigenvalue weighted by Gasteiger charge is -2.36. The number of nitrogens with zero attached hydrogens (tertiary/aromatic N) is 2. The van der Waals surface area contributed by atoms with Gasteiger partial charge in [-0.1, -0.05) is 0 Å². The van der Waals surface area contributed by atoms with E-state index in [0.29, 0.717) is 26.2 Å². The second kappa shape index (κ2) is 9.17. The molecule has 0 aliphatic carbocycles. The smallest absolute Gasteiger partial charge is 0.328 e. The van der Waals surface area contributed by atoms with Crippen LogP contribution in [0.5, 0.6) is 0 Å². The molecule has 1 aliphatic rings. The maximum Gasteiger partial charge on any atom is 0.328 e. The minimum Gasteiger partial charge on any atom is -0.467 e. The number of carbonyl (C=O) groups excluding carboxylic acids is 3. The second-order valence-electron chi connectivity index (χ2n) is 6.16. The fourth-order valence-electron chi connectivity index (χ4n) is 2.79. The van der Waals surface area contributed by atoms with Crippen LogP contribution < -0.4 is 10.2 Å². The molecule has 1 aromatic carbocycles. The summed E-state index contributed by atoms with van der Waals surface area (Å²) in [5.74, 6) is -1.25. The van der Waals surface area contributed by atoms with Gasteiger partial charge in [-0.05, 0) is 31.2 Å². The number of ether oxygens (including phenoxy) is 1. The Balaban J connectivity index is 1.73. The van der Waals surface area contributed by atoms with Gasteiger partial charge in [0.25, 0.3) is 0 Å². The molecule has 7 nitrogen and oxygen atoms in total. The number of piperazine rings is 1. The van der Waals surface area contributed by atoms with Crippen molar-refractivity contribution in [2.45, 2.75) is 25.8 Å². The number of esters is 1. The molecule has 1 aromatic rings. The van der Waals surface area contributed by atoms with Crippen molar-refractivity contribution in [1.29, 1.82) is 0 Å². The SMILES string of the molecule is COC(=O)C(C)NC(=O)CCC(=O)N1CCN(c2ccc(F)cc2)CC1. The zero-order valence-corrected chi connectivity index (χ0v) is 15.0. The van der Waals surface area contributed by atoms with E-state index in [1.165, 1.54) is 26.2 Å². The molecule has 1 N–H and O–H groups in total. The van der Waals surface area contributed by atoms with Gasteiger partial charge in [0, 0.05) is 44.7 Å². The first-order valence-electron chi connectivity index (χ1n) is 8.56. The summed E-state index contributed by atoms with van der Waals surface area (Å²) in [6.45, 7) is 3.94. The number of rotatable bonds is 6. The van der Waals surface area contributed by atoms with Crippen molar-refractivity contribution < 1.29 is 23.5 Å². The monoisotopic (exact) mass is 365 g/mol. The third-order valence-corrected chi connectivity index (χ3v) is 4.32. The molecule has 0 aromatic heterocycles. The van der Waals surface area contributed by atoms with Gasteiger partial charge < -0.3 is 19.9 Å². The first-order valence-corrected chi connectivity index (χ1v) is 8.56. The van der Waals surface area contributed by atoms with Gasteiger partial charge in [-0.25, -0.2) is 9.18 Å². The van der Waals surface area contributed by atoms with E-state index in [-0.39, 0.29) is 30.5 Å². The molecular formula is C18H24FN3O4. The van der Waals surface area contributed by atoms with Crippen LogP contribution >= 0.6 is 0 Å². The number of nitrogens with one attached hydrogen (secondary N) is 1. The van der Waals surface area contributed by atoms with Crippen LogP contribution in [0.4, 0.5) is 10.1 Å². The molecular weight excluding hydrogens is 341 g/mol. The summed E-state index contributed by atoms with van der Waals surface area (Å²) in [6.07, 6.45) is 0.120. The van der Waals surface area contributed by atoms with Crippen molar-refractivity contribution in [1.82, 2.24) is 10.2 Å². The van der Waals surface area contributed by atoms with E-state index in [9.17, 15) is 18.8 Å². The van der Waals surface area contributed by atoms with Gasteiger partial charge in [-0.15, -0.1) is 0 Å². The van der Waals surface area contributed by atoms with Crippen LogP contribution in [0.15, 0.2) is 24.3 Å². The van der Waals surface area contributed by atoms with Gasteiger partial charge >= 0.3 is 5.97 Å². The van der Waals surface area contributed by atoms with Crippen molar-refractivity contribution in [3.63, 3.8) is 0 Å². The van der Waals surface area contributed by atoms with E-state index in [0.717, 1.165) is 5.69 Å². The highest BCUT2D eigenvalue weighted by Gasteiger charge is 2.22. The fraction of sp³-hybridized carbons (Fsp3) is 0.500. The summed E-state index contributed by atoms with van der Waals surface area (Å²) in [5, 5.41) is 2.50. The lowest BCUT2D eigenvalue weighted by Crippen LogP contribution is -2.49. The summed E-state index contributed by atoms with van der Waals surface area (Å²) in [5.41, 5.74) is 0.926. The molecule has 1 unspecified atom stereocenters. The summed E-state index contributed by atoms with van der Waals surface area (Å²) in [4.78, 5) is 39.1. The predicted octanol–water partition coefficient (Wildman–Crippen LogP) is 0.932. The van der Waals surface area contributed by atoms with Crippen molar-refractivity contribution >= 4 is 23.5 Å². The molecule has 0 saturated carbocycles. The highest BCUT2D eigenvalue weighted by molar-refractivity contribution is 5.87. The average Bonchev–Trinajstić information content (AvgIpc) is 2.66. The molecule has 1 heterocycles. The molecule has 0 radical (unpaired) electrons. The molecule has 1 fully saturated rings. The quantitative estimate of drug-likeness (QED) is 0.759. The standard InChI is InChI=1S/C18H24FN3O4/c1-13(18(25)26-2)20-16(23)7-8-17(24)22-11-9-21(10-12-22)15-5-3-14(19)4-6-15/h3-6,13H,7-12H2,1-2H3,(H,20,23). The maximum atomic E-state index is 13.0. The topological polar surface area (TPSA) is 78.9 Å². The zero-order valence-electron chi connectivity index (χ0n) is 15.0. The third-order valence-electron chi connectivity index (χ3n) is 4.32. The molecule has 26 heavy (non-hydrogen) atoms. The number of carbonyl (C=O) groups is 3. The Hall–Kier alpha value is -2.64. The summed E-state index contributed by atoms with van der Waals surface area (Å²) < 4.78 is 17.5. The molecule has 2 rings (SSSR count). The third kappa shape index (κ3) is 5.44. The minimum atomic E-state index is -0.734. The van der Waals surface area contributed by atoms with Crippen molar-refractivity contribution in [2.75, 3.05) is 38.2 Å². The van der Waals surface area contributed by atoms with Gasteiger partial charge in [0.15, 0.2) is 0 Å². The van der Waals surface area contributed by atoms with Gasteiger partial charge in [0.2, 0.25) is 11.8 Å². The van der Waals surface area contributed by atoms with Crippen molar-refractivity contribution in [2.24, 2.45) is 0 Å². The number of methoxy groups -OCH3 is 1. The highest BCUT2D eigenvalue weighted by atomic mass is 19.1. The molecule has 1 saturated heterocycles. The summed E-state index contributed by atoms with van der Waals surface area (Å²) >= 11 is 0. The lowest BCUT2D eigenvalue weighted by molar-refractivity contribution is -0.144. The fourth-order valence-corrected chi connectivity index (χ4v) is 2.79. The zero-order chi connectivity index (χ0) is 19.1. The van der Waals surface area contributed by atoms with Crippen molar-refractivity contribution in [3.05, 3.63) is 30.1 Å². The number of benzene rings is 1. The first kappa shape index (κ1) is 19.7. The van der Waals surface area contributed by atoms with Crippen LogP contribution in [0.25, 0.3) is 0 Å². The maximum absolute atomic E-state index is 13.0. The number of halogens is 1. The Morgan fingerprint density at radius 2 is 1.73 bits per heavy atom. The highest BCUT2D eigenvalue weighted by Crippen LogP contribution is 2.17. The van der Waals surface area contributed by atoms with E-state index < -0.39 is 12.0 Å². The molecule has 1 atom stereocenters. The lowest BCUT2D eigenvalue weighted by atomic mass is 10.2. The van der Waals surface area contributed by atoms with Crippen molar-refractivity contribution in [3.8, 4) is 0 Å². The Morgan fingerprint density at radius 3 is 2.31 bits per heavy atom. The molecule has 2 amide bonds. The normalized spacial score (nSPS) is 15.3. The van der Waals surface area contributed by atoms with E-state index in [1.807, 2.05) is 0 Å². The molecule has 8 heteroatoms. The van der Waals surface area contributed by atoms with Gasteiger partial charge in [0.1, 0.15) is 11.9 Å². The molecule has 0 bridgehead atoms. The number of hydrogen-bond acceptors (Lipinski definition) is 5.